The van der Waals surface area contributed by atoms with E-state index in [0.717, 1.165) is 0 Å². The Labute approximate surface area is 330 Å². The predicted octanol–water partition coefficient (Wildman–Crippen LogP) is -6.44. The number of amides is 5. The number of hydrogen-bond donors (Lipinski definition) is 14. The number of nitrogens with one attached hydrogen (secondary N) is 4. The number of rotatable bonds is 26. The summed E-state index contributed by atoms with van der Waals surface area (Å²) in [5, 5.41) is 20.3. The van der Waals surface area contributed by atoms with Crippen molar-refractivity contribution in [2.45, 2.75) is 107 Å². The van der Waals surface area contributed by atoms with E-state index in [2.05, 4.69) is 41.2 Å². The van der Waals surface area contributed by atoms with Crippen LogP contribution in [0, 0.1) is 0 Å². The van der Waals surface area contributed by atoms with Crippen molar-refractivity contribution in [1.82, 2.24) is 26.2 Å². The molecule has 1 rings (SSSR count). The van der Waals surface area contributed by atoms with Gasteiger partial charge in [-0.05, 0) is 71.1 Å². The summed E-state index contributed by atoms with van der Waals surface area (Å²) in [7, 11) is 0. The third kappa shape index (κ3) is 19.8. The molecular weight excluding hydrogens is 748 g/mol. The lowest BCUT2D eigenvalue weighted by Crippen LogP contribution is -2.59. The maximum Gasteiger partial charge on any atom is 0.326 e. The van der Waals surface area contributed by atoms with Crippen LogP contribution in [0.25, 0.3) is 0 Å². The number of likely N-dealkylation sites (tertiary alicyclic amines) is 1. The lowest BCUT2D eigenvalue weighted by molar-refractivity contribution is -0.149. The summed E-state index contributed by atoms with van der Waals surface area (Å²) in [5.41, 5.74) is 49.2. The minimum absolute atomic E-state index is 0.0178. The molecule has 1 aliphatic rings. The fourth-order valence-corrected chi connectivity index (χ4v) is 5.69. The van der Waals surface area contributed by atoms with E-state index in [1.807, 2.05) is 0 Å². The number of hydrogen-bond acceptors (Lipinski definition) is 11. The Morgan fingerprint density at radius 2 is 0.895 bits per heavy atom. The van der Waals surface area contributed by atoms with E-state index in [9.17, 15) is 33.9 Å². The van der Waals surface area contributed by atoms with Gasteiger partial charge >= 0.3 is 5.97 Å². The van der Waals surface area contributed by atoms with Crippen LogP contribution in [0.5, 0.6) is 0 Å². The van der Waals surface area contributed by atoms with Gasteiger partial charge in [0.05, 0.1) is 6.04 Å². The number of carboxylic acid groups (broad SMARTS) is 1. The number of nitrogens with zero attached hydrogens (tertiary/aromatic N) is 5. The van der Waals surface area contributed by atoms with E-state index in [1.54, 1.807) is 0 Å². The van der Waals surface area contributed by atoms with Gasteiger partial charge in [0.2, 0.25) is 29.5 Å². The fourth-order valence-electron chi connectivity index (χ4n) is 5.69. The second-order valence-corrected chi connectivity index (χ2v) is 13.4. The molecule has 0 saturated carbocycles. The van der Waals surface area contributed by atoms with E-state index in [-0.39, 0.29) is 114 Å². The van der Waals surface area contributed by atoms with Crippen LogP contribution < -0.4 is 72.9 Å². The average Bonchev–Trinajstić information content (AvgIpc) is 3.63. The van der Waals surface area contributed by atoms with Gasteiger partial charge in [0.1, 0.15) is 30.2 Å². The molecule has 23 N–H and O–H groups in total. The quantitative estimate of drug-likeness (QED) is 0.0219. The molecule has 0 radical (unpaired) electrons. The summed E-state index contributed by atoms with van der Waals surface area (Å²) in [5.74, 6) is -5.49. The van der Waals surface area contributed by atoms with E-state index in [0.29, 0.717) is 6.42 Å². The van der Waals surface area contributed by atoms with E-state index < -0.39 is 71.8 Å². The van der Waals surface area contributed by atoms with E-state index in [1.165, 1.54) is 11.8 Å². The van der Waals surface area contributed by atoms with Gasteiger partial charge in [-0.2, -0.15) is 0 Å². The van der Waals surface area contributed by atoms with Crippen LogP contribution in [0.3, 0.4) is 0 Å². The van der Waals surface area contributed by atoms with Crippen LogP contribution in [0.1, 0.15) is 71.1 Å². The van der Waals surface area contributed by atoms with Gasteiger partial charge in [0.15, 0.2) is 23.8 Å². The van der Waals surface area contributed by atoms with Crippen LogP contribution >= 0.6 is 0 Å². The lowest BCUT2D eigenvalue weighted by Gasteiger charge is -2.29. The van der Waals surface area contributed by atoms with Crippen molar-refractivity contribution >= 4 is 59.3 Å². The Morgan fingerprint density at radius 3 is 1.21 bits per heavy atom. The Bertz CT molecular complexity index is 1470. The van der Waals surface area contributed by atoms with Gasteiger partial charge in [0.25, 0.3) is 0 Å². The van der Waals surface area contributed by atoms with E-state index in [4.69, 9.17) is 51.6 Å². The van der Waals surface area contributed by atoms with Crippen molar-refractivity contribution in [3.63, 3.8) is 0 Å². The molecule has 1 heterocycles. The number of carbonyl (C=O) groups excluding carboxylic acids is 5. The van der Waals surface area contributed by atoms with Gasteiger partial charge in [0, 0.05) is 32.7 Å². The maximum atomic E-state index is 14.0. The molecule has 0 aromatic heterocycles. The van der Waals surface area contributed by atoms with Crippen LogP contribution in [0.15, 0.2) is 20.0 Å². The highest BCUT2D eigenvalue weighted by atomic mass is 16.4. The molecule has 322 valence electrons. The fraction of sp³-hybridized carbons (Fsp3) is 0.688. The molecule has 57 heavy (non-hydrogen) atoms. The minimum Gasteiger partial charge on any atom is -0.480 e. The van der Waals surface area contributed by atoms with Gasteiger partial charge in [-0.25, -0.2) is 4.79 Å². The monoisotopic (exact) mass is 811 g/mol. The molecule has 1 fully saturated rings. The second kappa shape index (κ2) is 25.8. The predicted molar refractivity (Wildman–Crippen MR) is 213 cm³/mol. The van der Waals surface area contributed by atoms with Crippen molar-refractivity contribution in [1.29, 1.82) is 0 Å². The van der Waals surface area contributed by atoms with Gasteiger partial charge < -0.3 is 82.9 Å². The third-order valence-corrected chi connectivity index (χ3v) is 8.53. The van der Waals surface area contributed by atoms with Crippen LogP contribution in [-0.4, -0.2) is 138 Å². The number of aliphatic carboxylic acids is 1. The molecule has 25 heteroatoms. The Kier molecular flexibility index (Phi) is 22.2. The number of carboxylic acids is 1. The highest BCUT2D eigenvalue weighted by Gasteiger charge is 2.38. The standard InChI is InChI=1S/C32H62N18O7/c1-17(33)23(51)46-18(7-2-12-42-29(34)35)24(52)47-19(8-3-13-43-30(36)37)25(53)48-20(9-4-14-44-31(38)39)26(54)49-21(10-5-15-45-32(40)41)27(55)50-16-6-11-22(50)28(56)57/h17-22H,2-16,33H2,1H3,(H,46,51)(H,47,52)(H,48,53)(H,49,54)(H,56,57)(H4,34,35,42)(H4,36,37,43)(H4,38,39,44)(H4,40,41,45). The maximum absolute atomic E-state index is 14.0. The molecule has 5 amide bonds. The van der Waals surface area contributed by atoms with Crippen LogP contribution in [0.4, 0.5) is 0 Å². The first-order valence-corrected chi connectivity index (χ1v) is 18.6. The third-order valence-electron chi connectivity index (χ3n) is 8.53. The molecule has 0 bridgehead atoms. The van der Waals surface area contributed by atoms with E-state index >= 15 is 0 Å². The van der Waals surface area contributed by atoms with Crippen LogP contribution in [0.2, 0.25) is 0 Å². The first-order valence-electron chi connectivity index (χ1n) is 18.6. The van der Waals surface area contributed by atoms with Gasteiger partial charge in [-0.3, -0.25) is 43.9 Å². The Balaban J connectivity index is 3.45. The first-order chi connectivity index (χ1) is 26.8. The Morgan fingerprint density at radius 1 is 0.579 bits per heavy atom. The average molecular weight is 811 g/mol. The Hall–Kier alpha value is -6.14. The summed E-state index contributed by atoms with van der Waals surface area (Å²) in [6.45, 7) is 2.02. The SMILES string of the molecule is CC(N)C(=O)NC(CCCN=C(N)N)C(=O)NC(CCCN=C(N)N)C(=O)NC(CCCN=C(N)N)C(=O)NC(CCCN=C(N)N)C(=O)N1CCCC1C(=O)O. The highest BCUT2D eigenvalue weighted by Crippen LogP contribution is 2.20. The molecule has 0 aromatic carbocycles. The normalized spacial score (nSPS) is 16.0. The molecule has 1 aliphatic heterocycles. The summed E-state index contributed by atoms with van der Waals surface area (Å²) >= 11 is 0. The van der Waals surface area contributed by atoms with Gasteiger partial charge in [-0.1, -0.05) is 0 Å². The first kappa shape index (κ1) is 48.9. The minimum atomic E-state index is -1.31. The summed E-state index contributed by atoms with van der Waals surface area (Å²) in [6.07, 6.45) is 1.63. The molecule has 0 aromatic rings. The number of guanidine groups is 4. The van der Waals surface area contributed by atoms with Crippen molar-refractivity contribution in [3.8, 4) is 0 Å². The smallest absolute Gasteiger partial charge is 0.326 e. The molecule has 6 atom stereocenters. The topological polar surface area (TPSA) is 458 Å². The number of carbonyl (C=O) groups is 6. The molecule has 0 aliphatic carbocycles. The molecule has 6 unspecified atom stereocenters. The summed E-state index contributed by atoms with van der Waals surface area (Å²) in [6, 6.07) is -7.01. The number of nitrogens with two attached hydrogens (primary N) is 9. The number of aliphatic imine (C=N–C) groups is 4. The second-order valence-electron chi connectivity index (χ2n) is 13.4. The zero-order valence-electron chi connectivity index (χ0n) is 32.4. The van der Waals surface area contributed by atoms with Crippen molar-refractivity contribution in [2.24, 2.45) is 71.6 Å². The zero-order valence-corrected chi connectivity index (χ0v) is 32.4. The van der Waals surface area contributed by atoms with Gasteiger partial charge in [-0.15, -0.1) is 0 Å². The molecule has 0 spiro atoms. The summed E-state index contributed by atoms with van der Waals surface area (Å²) in [4.78, 5) is 96.6. The molecule has 1 saturated heterocycles. The molecular formula is C32H62N18O7. The summed E-state index contributed by atoms with van der Waals surface area (Å²) < 4.78 is 0. The van der Waals surface area contributed by atoms with Crippen molar-refractivity contribution < 1.29 is 33.9 Å². The lowest BCUT2D eigenvalue weighted by atomic mass is 10.0. The molecule has 25 nitrogen and oxygen atoms in total. The highest BCUT2D eigenvalue weighted by molar-refractivity contribution is 5.96. The van der Waals surface area contributed by atoms with Crippen molar-refractivity contribution in [3.05, 3.63) is 0 Å². The largest absolute Gasteiger partial charge is 0.480 e. The van der Waals surface area contributed by atoms with Crippen LogP contribution in [-0.2, 0) is 28.8 Å². The van der Waals surface area contributed by atoms with Crippen molar-refractivity contribution in [2.75, 3.05) is 32.7 Å². The zero-order chi connectivity index (χ0) is 43.1.